The van der Waals surface area contributed by atoms with Gasteiger partial charge in [0.15, 0.2) is 0 Å². The summed E-state index contributed by atoms with van der Waals surface area (Å²) in [5, 5.41) is 0. The summed E-state index contributed by atoms with van der Waals surface area (Å²) in [6.07, 6.45) is 11.1. The Labute approximate surface area is 127 Å². The zero-order chi connectivity index (χ0) is 14.8. The van der Waals surface area contributed by atoms with Crippen molar-refractivity contribution in [2.24, 2.45) is 0 Å². The van der Waals surface area contributed by atoms with Gasteiger partial charge < -0.3 is 0 Å². The smallest absolute Gasteiger partial charge is 0.0251 e. The van der Waals surface area contributed by atoms with Crippen molar-refractivity contribution < 1.29 is 0 Å². The molecule has 0 aromatic heterocycles. The first kappa shape index (κ1) is 18.0. The predicted octanol–water partition coefficient (Wildman–Crippen LogP) is 4.54. The van der Waals surface area contributed by atoms with Crippen molar-refractivity contribution in [2.45, 2.75) is 91.1 Å². The molecule has 1 rings (SSSR count). The topological polar surface area (TPSA) is 6.48 Å². The Kier molecular flexibility index (Phi) is 9.54. The Morgan fingerprint density at radius 2 is 1.25 bits per heavy atom. The molecule has 2 heteroatoms. The van der Waals surface area contributed by atoms with E-state index >= 15 is 0 Å². The van der Waals surface area contributed by atoms with E-state index < -0.39 is 0 Å². The number of hydrogen-bond donors (Lipinski definition) is 0. The van der Waals surface area contributed by atoms with Crippen LogP contribution in [0.5, 0.6) is 0 Å². The third-order valence-corrected chi connectivity index (χ3v) is 5.00. The van der Waals surface area contributed by atoms with Gasteiger partial charge in [0, 0.05) is 12.1 Å². The molecule has 0 radical (unpaired) electrons. The second kappa shape index (κ2) is 10.6. The van der Waals surface area contributed by atoms with Crippen LogP contribution < -0.4 is 0 Å². The van der Waals surface area contributed by atoms with E-state index in [4.69, 9.17) is 0 Å². The summed E-state index contributed by atoms with van der Waals surface area (Å²) in [7, 11) is 0. The molecule has 0 bridgehead atoms. The monoisotopic (exact) mass is 282 g/mol. The van der Waals surface area contributed by atoms with E-state index in [1.807, 2.05) is 0 Å². The SMILES string of the molecule is CCCCCN(CC)C1CCCCC1N(CC)CCC. The van der Waals surface area contributed by atoms with E-state index in [1.165, 1.54) is 77.5 Å². The molecule has 0 aromatic carbocycles. The highest BCUT2D eigenvalue weighted by Crippen LogP contribution is 2.27. The van der Waals surface area contributed by atoms with Gasteiger partial charge in [0.1, 0.15) is 0 Å². The quantitative estimate of drug-likeness (QED) is 0.543. The summed E-state index contributed by atoms with van der Waals surface area (Å²) in [6.45, 7) is 14.4. The minimum atomic E-state index is 0.815. The summed E-state index contributed by atoms with van der Waals surface area (Å²) >= 11 is 0. The highest BCUT2D eigenvalue weighted by molar-refractivity contribution is 4.89. The largest absolute Gasteiger partial charge is 0.299 e. The van der Waals surface area contributed by atoms with E-state index in [9.17, 15) is 0 Å². The van der Waals surface area contributed by atoms with Crippen LogP contribution >= 0.6 is 0 Å². The molecule has 0 aromatic rings. The Bertz CT molecular complexity index is 229. The average Bonchev–Trinajstić information content (AvgIpc) is 2.49. The number of hydrogen-bond acceptors (Lipinski definition) is 2. The fourth-order valence-corrected chi connectivity index (χ4v) is 3.91. The molecule has 2 nitrogen and oxygen atoms in total. The molecule has 1 fully saturated rings. The van der Waals surface area contributed by atoms with Gasteiger partial charge in [0.25, 0.3) is 0 Å². The van der Waals surface area contributed by atoms with Crippen LogP contribution in [0.2, 0.25) is 0 Å². The van der Waals surface area contributed by atoms with Crippen LogP contribution in [0.3, 0.4) is 0 Å². The number of nitrogens with zero attached hydrogens (tertiary/aromatic N) is 2. The molecule has 20 heavy (non-hydrogen) atoms. The van der Waals surface area contributed by atoms with Crippen LogP contribution in [0.4, 0.5) is 0 Å². The Morgan fingerprint density at radius 3 is 1.70 bits per heavy atom. The van der Waals surface area contributed by atoms with Gasteiger partial charge in [0.2, 0.25) is 0 Å². The second-order valence-electron chi connectivity index (χ2n) is 6.38. The maximum Gasteiger partial charge on any atom is 0.0251 e. The number of likely N-dealkylation sites (N-methyl/N-ethyl adjacent to an activating group) is 2. The molecule has 1 aliphatic carbocycles. The van der Waals surface area contributed by atoms with Crippen molar-refractivity contribution in [3.05, 3.63) is 0 Å². The van der Waals surface area contributed by atoms with Crippen molar-refractivity contribution in [3.63, 3.8) is 0 Å². The van der Waals surface area contributed by atoms with E-state index in [2.05, 4.69) is 37.5 Å². The van der Waals surface area contributed by atoms with E-state index in [1.54, 1.807) is 0 Å². The lowest BCUT2D eigenvalue weighted by molar-refractivity contribution is 0.0519. The standard InChI is InChI=1S/C18H38N2/c1-5-9-12-16-20(8-4)18-14-11-10-13-17(18)19(7-3)15-6-2/h17-18H,5-16H2,1-4H3. The van der Waals surface area contributed by atoms with Gasteiger partial charge in [-0.05, 0) is 51.9 Å². The van der Waals surface area contributed by atoms with Crippen molar-refractivity contribution in [1.29, 1.82) is 0 Å². The van der Waals surface area contributed by atoms with Crippen molar-refractivity contribution in [3.8, 4) is 0 Å². The minimum absolute atomic E-state index is 0.815. The molecule has 0 saturated heterocycles. The van der Waals surface area contributed by atoms with Crippen LogP contribution in [0, 0.1) is 0 Å². The second-order valence-corrected chi connectivity index (χ2v) is 6.38. The lowest BCUT2D eigenvalue weighted by Gasteiger charge is -2.45. The molecule has 0 N–H and O–H groups in total. The van der Waals surface area contributed by atoms with Gasteiger partial charge in [-0.3, -0.25) is 9.80 Å². The van der Waals surface area contributed by atoms with Gasteiger partial charge in [-0.25, -0.2) is 0 Å². The van der Waals surface area contributed by atoms with Crippen LogP contribution in [0.1, 0.15) is 79.1 Å². The number of unbranched alkanes of at least 4 members (excludes halogenated alkanes) is 2. The van der Waals surface area contributed by atoms with Crippen molar-refractivity contribution in [1.82, 2.24) is 9.80 Å². The molecule has 0 spiro atoms. The van der Waals surface area contributed by atoms with E-state index in [0.29, 0.717) is 0 Å². The average molecular weight is 283 g/mol. The van der Waals surface area contributed by atoms with Crippen LogP contribution in [-0.4, -0.2) is 48.1 Å². The first-order valence-electron chi connectivity index (χ1n) is 9.26. The first-order valence-corrected chi connectivity index (χ1v) is 9.26. The minimum Gasteiger partial charge on any atom is -0.299 e. The summed E-state index contributed by atoms with van der Waals surface area (Å²) in [4.78, 5) is 5.55. The highest BCUT2D eigenvalue weighted by Gasteiger charge is 2.32. The zero-order valence-corrected chi connectivity index (χ0v) is 14.5. The van der Waals surface area contributed by atoms with Crippen LogP contribution in [0.25, 0.3) is 0 Å². The molecule has 1 saturated carbocycles. The summed E-state index contributed by atoms with van der Waals surface area (Å²) in [5.41, 5.74) is 0. The summed E-state index contributed by atoms with van der Waals surface area (Å²) in [6, 6.07) is 1.63. The van der Waals surface area contributed by atoms with Gasteiger partial charge in [-0.15, -0.1) is 0 Å². The molecule has 1 aliphatic rings. The Balaban J connectivity index is 2.64. The molecular weight excluding hydrogens is 244 g/mol. The zero-order valence-electron chi connectivity index (χ0n) is 14.5. The van der Waals surface area contributed by atoms with Crippen molar-refractivity contribution in [2.75, 3.05) is 26.2 Å². The fraction of sp³-hybridized carbons (Fsp3) is 1.00. The highest BCUT2D eigenvalue weighted by atomic mass is 15.2. The third kappa shape index (κ3) is 5.37. The van der Waals surface area contributed by atoms with E-state index in [0.717, 1.165) is 12.1 Å². The maximum absolute atomic E-state index is 2.79. The lowest BCUT2D eigenvalue weighted by Crippen LogP contribution is -2.53. The molecular formula is C18H38N2. The van der Waals surface area contributed by atoms with Crippen LogP contribution in [-0.2, 0) is 0 Å². The molecule has 0 amide bonds. The molecule has 0 aliphatic heterocycles. The molecule has 0 heterocycles. The van der Waals surface area contributed by atoms with Gasteiger partial charge in [-0.2, -0.15) is 0 Å². The molecule has 2 atom stereocenters. The summed E-state index contributed by atoms with van der Waals surface area (Å²) < 4.78 is 0. The summed E-state index contributed by atoms with van der Waals surface area (Å²) in [5.74, 6) is 0. The van der Waals surface area contributed by atoms with Gasteiger partial charge >= 0.3 is 0 Å². The normalized spacial score (nSPS) is 23.7. The first-order chi connectivity index (χ1) is 9.78. The van der Waals surface area contributed by atoms with E-state index in [-0.39, 0.29) is 0 Å². The Hall–Kier alpha value is -0.0800. The lowest BCUT2D eigenvalue weighted by atomic mass is 9.87. The van der Waals surface area contributed by atoms with Gasteiger partial charge in [-0.1, -0.05) is 53.4 Å². The molecule has 2 unspecified atom stereocenters. The fourth-order valence-electron chi connectivity index (χ4n) is 3.91. The third-order valence-electron chi connectivity index (χ3n) is 5.00. The van der Waals surface area contributed by atoms with Crippen molar-refractivity contribution >= 4 is 0 Å². The predicted molar refractivity (Wildman–Crippen MR) is 90.4 cm³/mol. The maximum atomic E-state index is 2.79. The molecule has 120 valence electrons. The number of rotatable bonds is 10. The Morgan fingerprint density at radius 1 is 0.700 bits per heavy atom. The van der Waals surface area contributed by atoms with Crippen LogP contribution in [0.15, 0.2) is 0 Å². The van der Waals surface area contributed by atoms with Gasteiger partial charge in [0.05, 0.1) is 0 Å².